The van der Waals surface area contributed by atoms with Crippen molar-refractivity contribution < 1.29 is 4.74 Å². The van der Waals surface area contributed by atoms with Crippen LogP contribution < -0.4 is 4.74 Å². The van der Waals surface area contributed by atoms with Gasteiger partial charge in [0.15, 0.2) is 0 Å². The molecule has 0 atom stereocenters. The molecule has 0 radical (unpaired) electrons. The molecule has 3 aromatic rings. The number of benzene rings is 2. The van der Waals surface area contributed by atoms with Crippen LogP contribution >= 0.6 is 0 Å². The minimum atomic E-state index is 0.621. The average Bonchev–Trinajstić information content (AvgIpc) is 3.01. The largest absolute Gasteiger partial charge is 0.493 e. The molecule has 0 saturated heterocycles. The second kappa shape index (κ2) is 6.80. The van der Waals surface area contributed by atoms with Gasteiger partial charge in [-0.2, -0.15) is 5.26 Å². The van der Waals surface area contributed by atoms with Crippen molar-refractivity contribution in [2.75, 3.05) is 6.61 Å². The van der Waals surface area contributed by atoms with Crippen LogP contribution in [0.2, 0.25) is 0 Å². The number of nitrogens with zero attached hydrogens (tertiary/aromatic N) is 3. The van der Waals surface area contributed by atoms with Crippen LogP contribution in [0.15, 0.2) is 61.1 Å². The summed E-state index contributed by atoms with van der Waals surface area (Å²) in [4.78, 5) is 4.09. The first-order valence-corrected chi connectivity index (χ1v) is 7.45. The molecule has 0 spiro atoms. The van der Waals surface area contributed by atoms with Gasteiger partial charge in [0.05, 0.1) is 24.6 Å². The number of aromatic nitrogens is 2. The standard InChI is InChI=1S/C19H17N3O/c1-22-14-21-13-18(22)10-11-23-19-8-6-17(7-9-19)16-4-2-15(12-20)3-5-16/h2-9,13-14H,10-11H2,1H3. The van der Waals surface area contributed by atoms with Gasteiger partial charge in [-0.15, -0.1) is 0 Å². The summed E-state index contributed by atoms with van der Waals surface area (Å²) in [6.07, 6.45) is 4.48. The Morgan fingerprint density at radius 1 is 1.04 bits per heavy atom. The van der Waals surface area contributed by atoms with Crippen molar-refractivity contribution >= 4 is 0 Å². The van der Waals surface area contributed by atoms with E-state index in [9.17, 15) is 0 Å². The van der Waals surface area contributed by atoms with E-state index in [1.807, 2.05) is 66.3 Å². The molecule has 4 nitrogen and oxygen atoms in total. The fraction of sp³-hybridized carbons (Fsp3) is 0.158. The molecule has 0 aliphatic rings. The lowest BCUT2D eigenvalue weighted by molar-refractivity contribution is 0.319. The second-order valence-corrected chi connectivity index (χ2v) is 5.31. The molecular formula is C19H17N3O. The SMILES string of the molecule is Cn1cncc1CCOc1ccc(-c2ccc(C#N)cc2)cc1. The summed E-state index contributed by atoms with van der Waals surface area (Å²) < 4.78 is 7.77. The maximum Gasteiger partial charge on any atom is 0.119 e. The Morgan fingerprint density at radius 3 is 2.26 bits per heavy atom. The summed E-state index contributed by atoms with van der Waals surface area (Å²) in [5.41, 5.74) is 4.02. The minimum Gasteiger partial charge on any atom is -0.493 e. The Labute approximate surface area is 135 Å². The molecule has 0 N–H and O–H groups in total. The number of ether oxygens (including phenoxy) is 1. The lowest BCUT2D eigenvalue weighted by Gasteiger charge is -2.08. The van der Waals surface area contributed by atoms with Crippen LogP contribution in [-0.2, 0) is 13.5 Å². The summed E-state index contributed by atoms with van der Waals surface area (Å²) >= 11 is 0. The summed E-state index contributed by atoms with van der Waals surface area (Å²) in [6, 6.07) is 17.7. The van der Waals surface area contributed by atoms with Gasteiger partial charge in [-0.25, -0.2) is 4.98 Å². The summed E-state index contributed by atoms with van der Waals surface area (Å²) in [7, 11) is 1.98. The molecule has 0 bridgehead atoms. The van der Waals surface area contributed by atoms with E-state index >= 15 is 0 Å². The highest BCUT2D eigenvalue weighted by Crippen LogP contribution is 2.22. The maximum atomic E-state index is 8.83. The van der Waals surface area contributed by atoms with Crippen LogP contribution in [0.1, 0.15) is 11.3 Å². The van der Waals surface area contributed by atoms with E-state index in [1.54, 1.807) is 6.33 Å². The molecule has 0 aliphatic carbocycles. The number of imidazole rings is 1. The van der Waals surface area contributed by atoms with Gasteiger partial charge in [-0.1, -0.05) is 24.3 Å². The summed E-state index contributed by atoms with van der Waals surface area (Å²) in [5.74, 6) is 0.851. The van der Waals surface area contributed by atoms with Crippen LogP contribution in [-0.4, -0.2) is 16.2 Å². The predicted molar refractivity (Wildman–Crippen MR) is 89.0 cm³/mol. The number of hydrogen-bond donors (Lipinski definition) is 0. The van der Waals surface area contributed by atoms with Crippen LogP contribution in [0.3, 0.4) is 0 Å². The van der Waals surface area contributed by atoms with E-state index in [-0.39, 0.29) is 0 Å². The monoisotopic (exact) mass is 303 g/mol. The van der Waals surface area contributed by atoms with Crippen molar-refractivity contribution in [2.45, 2.75) is 6.42 Å². The molecule has 0 unspecified atom stereocenters. The molecule has 0 fully saturated rings. The van der Waals surface area contributed by atoms with Gasteiger partial charge in [-0.05, 0) is 35.4 Å². The van der Waals surface area contributed by atoms with E-state index in [2.05, 4.69) is 11.1 Å². The molecule has 3 rings (SSSR count). The van der Waals surface area contributed by atoms with Crippen molar-refractivity contribution in [3.05, 3.63) is 72.3 Å². The van der Waals surface area contributed by atoms with Crippen LogP contribution in [0.5, 0.6) is 5.75 Å². The Bertz CT molecular complexity index is 811. The van der Waals surface area contributed by atoms with Crippen molar-refractivity contribution in [3.63, 3.8) is 0 Å². The van der Waals surface area contributed by atoms with Gasteiger partial charge in [0.2, 0.25) is 0 Å². The molecule has 23 heavy (non-hydrogen) atoms. The molecule has 0 saturated carbocycles. The highest BCUT2D eigenvalue weighted by molar-refractivity contribution is 5.64. The topological polar surface area (TPSA) is 50.8 Å². The number of nitriles is 1. The second-order valence-electron chi connectivity index (χ2n) is 5.31. The third-order valence-electron chi connectivity index (χ3n) is 3.75. The Kier molecular flexibility index (Phi) is 4.39. The van der Waals surface area contributed by atoms with Crippen molar-refractivity contribution in [3.8, 4) is 22.9 Å². The molecule has 114 valence electrons. The fourth-order valence-corrected chi connectivity index (χ4v) is 2.38. The highest BCUT2D eigenvalue weighted by Gasteiger charge is 2.01. The zero-order chi connectivity index (χ0) is 16.1. The lowest BCUT2D eigenvalue weighted by Crippen LogP contribution is -2.04. The normalized spacial score (nSPS) is 10.3. The smallest absolute Gasteiger partial charge is 0.119 e. The Balaban J connectivity index is 1.60. The van der Waals surface area contributed by atoms with Gasteiger partial charge < -0.3 is 9.30 Å². The molecule has 0 aliphatic heterocycles. The molecule has 2 aromatic carbocycles. The van der Waals surface area contributed by atoms with Gasteiger partial charge in [0, 0.05) is 25.4 Å². The number of rotatable bonds is 5. The van der Waals surface area contributed by atoms with Crippen molar-refractivity contribution in [1.82, 2.24) is 9.55 Å². The summed E-state index contributed by atoms with van der Waals surface area (Å²) in [5, 5.41) is 8.83. The Hall–Kier alpha value is -3.06. The molecular weight excluding hydrogens is 286 g/mol. The maximum absolute atomic E-state index is 8.83. The first-order valence-electron chi connectivity index (χ1n) is 7.45. The van der Waals surface area contributed by atoms with Crippen LogP contribution in [0, 0.1) is 11.3 Å². The molecule has 0 amide bonds. The average molecular weight is 303 g/mol. The first-order chi connectivity index (χ1) is 11.3. The van der Waals surface area contributed by atoms with Crippen LogP contribution in [0.4, 0.5) is 0 Å². The highest BCUT2D eigenvalue weighted by atomic mass is 16.5. The molecule has 1 aromatic heterocycles. The third kappa shape index (κ3) is 3.58. The lowest BCUT2D eigenvalue weighted by atomic mass is 10.0. The summed E-state index contributed by atoms with van der Waals surface area (Å²) in [6.45, 7) is 0.621. The predicted octanol–water partition coefficient (Wildman–Crippen LogP) is 3.58. The van der Waals surface area contributed by atoms with E-state index in [0.29, 0.717) is 12.2 Å². The van der Waals surface area contributed by atoms with Crippen LogP contribution in [0.25, 0.3) is 11.1 Å². The zero-order valence-corrected chi connectivity index (χ0v) is 12.9. The van der Waals surface area contributed by atoms with Crippen molar-refractivity contribution in [2.24, 2.45) is 7.05 Å². The number of hydrogen-bond acceptors (Lipinski definition) is 3. The molecule has 4 heteroatoms. The third-order valence-corrected chi connectivity index (χ3v) is 3.75. The van der Waals surface area contributed by atoms with E-state index in [1.165, 1.54) is 0 Å². The Morgan fingerprint density at radius 2 is 1.70 bits per heavy atom. The van der Waals surface area contributed by atoms with Crippen molar-refractivity contribution in [1.29, 1.82) is 5.26 Å². The van der Waals surface area contributed by atoms with Gasteiger partial charge in [0.1, 0.15) is 5.75 Å². The van der Waals surface area contributed by atoms with Gasteiger partial charge >= 0.3 is 0 Å². The number of aryl methyl sites for hydroxylation is 1. The molecule has 1 heterocycles. The van der Waals surface area contributed by atoms with Gasteiger partial charge in [-0.3, -0.25) is 0 Å². The van der Waals surface area contributed by atoms with E-state index < -0.39 is 0 Å². The zero-order valence-electron chi connectivity index (χ0n) is 12.9. The first kappa shape index (κ1) is 14.9. The van der Waals surface area contributed by atoms with E-state index in [4.69, 9.17) is 10.00 Å². The fourth-order valence-electron chi connectivity index (χ4n) is 2.38. The van der Waals surface area contributed by atoms with E-state index in [0.717, 1.165) is 29.0 Å². The minimum absolute atomic E-state index is 0.621. The quantitative estimate of drug-likeness (QED) is 0.724. The van der Waals surface area contributed by atoms with Gasteiger partial charge in [0.25, 0.3) is 0 Å².